The van der Waals surface area contributed by atoms with Gasteiger partial charge >= 0.3 is 6.18 Å². The first-order valence-corrected chi connectivity index (χ1v) is 10.4. The predicted octanol–water partition coefficient (Wildman–Crippen LogP) is 5.38. The summed E-state index contributed by atoms with van der Waals surface area (Å²) in [6, 6.07) is 11.6. The van der Waals surface area contributed by atoms with Crippen LogP contribution in [0.1, 0.15) is 30.0 Å². The third kappa shape index (κ3) is 3.68. The van der Waals surface area contributed by atoms with E-state index in [2.05, 4.69) is 20.6 Å². The van der Waals surface area contributed by atoms with Crippen molar-refractivity contribution in [1.82, 2.24) is 25.3 Å². The summed E-state index contributed by atoms with van der Waals surface area (Å²) in [5.74, 6) is -0.862. The largest absolute Gasteiger partial charge is 0.433 e. The van der Waals surface area contributed by atoms with Crippen LogP contribution in [-0.4, -0.2) is 26.5 Å². The number of aromatic nitrogens is 4. The molecule has 1 fully saturated rings. The second-order valence-corrected chi connectivity index (χ2v) is 7.97. The van der Waals surface area contributed by atoms with Crippen LogP contribution in [0, 0.1) is 5.82 Å². The first kappa shape index (κ1) is 21.6. The maximum Gasteiger partial charge on any atom is 0.433 e. The second-order valence-electron chi connectivity index (χ2n) is 7.53. The lowest BCUT2D eigenvalue weighted by Crippen LogP contribution is -2.35. The van der Waals surface area contributed by atoms with Crippen LogP contribution in [0.3, 0.4) is 0 Å². The Bertz CT molecular complexity index is 1290. The van der Waals surface area contributed by atoms with Crippen molar-refractivity contribution in [3.8, 4) is 17.1 Å². The van der Waals surface area contributed by atoms with Crippen molar-refractivity contribution in [2.45, 2.75) is 24.6 Å². The number of hydrogen-bond donors (Lipinski definition) is 0. The number of benzene rings is 2. The van der Waals surface area contributed by atoms with Crippen molar-refractivity contribution in [2.24, 2.45) is 0 Å². The highest BCUT2D eigenvalue weighted by atomic mass is 35.5. The molecule has 1 aliphatic heterocycles. The van der Waals surface area contributed by atoms with Crippen LogP contribution in [0.5, 0.6) is 0 Å². The van der Waals surface area contributed by atoms with Gasteiger partial charge in [0.25, 0.3) is 5.89 Å². The van der Waals surface area contributed by atoms with Crippen molar-refractivity contribution >= 4 is 11.6 Å². The van der Waals surface area contributed by atoms with E-state index in [1.54, 1.807) is 6.07 Å². The fraction of sp³-hybridized carbons (Fsp3) is 0.227. The molecule has 2 aromatic carbocycles. The summed E-state index contributed by atoms with van der Waals surface area (Å²) in [5, 5.41) is 16.7. The van der Waals surface area contributed by atoms with E-state index >= 15 is 0 Å². The maximum absolute atomic E-state index is 14.3. The molecule has 33 heavy (non-hydrogen) atoms. The van der Waals surface area contributed by atoms with E-state index in [1.165, 1.54) is 42.5 Å². The summed E-state index contributed by atoms with van der Waals surface area (Å²) >= 11 is 5.88. The van der Waals surface area contributed by atoms with Gasteiger partial charge < -0.3 is 4.42 Å². The van der Waals surface area contributed by atoms with Crippen LogP contribution in [0.2, 0.25) is 5.02 Å². The maximum atomic E-state index is 14.3. The van der Waals surface area contributed by atoms with E-state index in [1.807, 2.05) is 0 Å². The average Bonchev–Trinajstić information content (AvgIpc) is 3.53. The molecular weight excluding hydrogens is 462 g/mol. The van der Waals surface area contributed by atoms with Gasteiger partial charge in [0, 0.05) is 17.1 Å². The van der Waals surface area contributed by atoms with E-state index in [4.69, 9.17) is 16.0 Å². The fourth-order valence-electron chi connectivity index (χ4n) is 4.03. The molecule has 0 saturated carbocycles. The number of hydrogen-bond acceptors (Lipinski definition) is 4. The Balaban J connectivity index is 1.67. The van der Waals surface area contributed by atoms with Crippen molar-refractivity contribution in [1.29, 1.82) is 0 Å². The Kier molecular flexibility index (Phi) is 5.21. The van der Waals surface area contributed by atoms with Crippen molar-refractivity contribution in [3.63, 3.8) is 0 Å². The van der Waals surface area contributed by atoms with Crippen molar-refractivity contribution < 1.29 is 22.0 Å². The topological polar surface area (TPSA) is 70.8 Å². The average molecular weight is 477 g/mol. The van der Waals surface area contributed by atoms with Crippen LogP contribution in [0.25, 0.3) is 17.1 Å². The first-order valence-electron chi connectivity index (χ1n) is 9.99. The minimum atomic E-state index is -4.76. The van der Waals surface area contributed by atoms with Gasteiger partial charge in [-0.15, -0.1) is 10.2 Å². The SMILES string of the molecule is Fc1ccccc1-c1nnc(C2(c3cnn(-c4ccc(Cl)cc4)c3C(F)(F)F)CCC[N]2)o1. The van der Waals surface area contributed by atoms with E-state index in [-0.39, 0.29) is 35.0 Å². The van der Waals surface area contributed by atoms with Gasteiger partial charge in [-0.3, -0.25) is 0 Å². The molecule has 1 atom stereocenters. The third-order valence-corrected chi connectivity index (χ3v) is 5.77. The fourth-order valence-corrected chi connectivity index (χ4v) is 4.16. The zero-order valence-corrected chi connectivity index (χ0v) is 17.6. The normalized spacial score (nSPS) is 18.7. The highest BCUT2D eigenvalue weighted by molar-refractivity contribution is 6.30. The van der Waals surface area contributed by atoms with Gasteiger partial charge in [0.05, 0.1) is 17.4 Å². The highest BCUT2D eigenvalue weighted by Gasteiger charge is 2.51. The monoisotopic (exact) mass is 476 g/mol. The lowest BCUT2D eigenvalue weighted by atomic mass is 9.88. The zero-order valence-electron chi connectivity index (χ0n) is 16.9. The molecule has 4 aromatic rings. The molecule has 11 heteroatoms. The molecule has 6 nitrogen and oxygen atoms in total. The van der Waals surface area contributed by atoms with Gasteiger partial charge in [-0.25, -0.2) is 14.4 Å². The Labute approximate surface area is 190 Å². The van der Waals surface area contributed by atoms with Crippen molar-refractivity contribution in [3.05, 3.63) is 82.7 Å². The number of rotatable bonds is 4. The predicted molar refractivity (Wildman–Crippen MR) is 110 cm³/mol. The smallest absolute Gasteiger partial charge is 0.418 e. The molecule has 1 radical (unpaired) electrons. The Morgan fingerprint density at radius 1 is 1.03 bits per heavy atom. The van der Waals surface area contributed by atoms with E-state index in [9.17, 15) is 17.6 Å². The van der Waals surface area contributed by atoms with Crippen LogP contribution >= 0.6 is 11.6 Å². The van der Waals surface area contributed by atoms with Crippen LogP contribution in [0.15, 0.2) is 59.1 Å². The molecule has 0 N–H and O–H groups in total. The zero-order chi connectivity index (χ0) is 23.2. The molecule has 0 spiro atoms. The molecule has 1 unspecified atom stereocenters. The lowest BCUT2D eigenvalue weighted by molar-refractivity contribution is -0.144. The van der Waals surface area contributed by atoms with Gasteiger partial charge in [0.15, 0.2) is 5.69 Å². The summed E-state index contributed by atoms with van der Waals surface area (Å²) in [6.07, 6.45) is -2.91. The van der Waals surface area contributed by atoms with Crippen LogP contribution in [0.4, 0.5) is 17.6 Å². The number of alkyl halides is 3. The highest BCUT2D eigenvalue weighted by Crippen LogP contribution is 2.45. The molecule has 3 heterocycles. The molecule has 0 bridgehead atoms. The van der Waals surface area contributed by atoms with E-state index in [0.29, 0.717) is 18.0 Å². The quantitative estimate of drug-likeness (QED) is 0.371. The molecule has 2 aromatic heterocycles. The minimum Gasteiger partial charge on any atom is -0.418 e. The summed E-state index contributed by atoms with van der Waals surface area (Å²) < 4.78 is 63.7. The molecule has 169 valence electrons. The summed E-state index contributed by atoms with van der Waals surface area (Å²) in [4.78, 5) is 0. The molecule has 5 rings (SSSR count). The van der Waals surface area contributed by atoms with Gasteiger partial charge in [-0.2, -0.15) is 18.3 Å². The Morgan fingerprint density at radius 2 is 1.79 bits per heavy atom. The standard InChI is InChI=1S/C22H15ClF4N5O/c23-13-6-8-14(9-7-13)32-18(22(25,26)27)16(12-29-32)21(10-3-11-28-21)20-31-30-19(33-20)15-4-1-2-5-17(15)24/h1-2,4-9,12H,3,10-11H2. The molecule has 1 aliphatic rings. The molecule has 1 saturated heterocycles. The Hall–Kier alpha value is -3.24. The van der Waals surface area contributed by atoms with Crippen LogP contribution in [-0.2, 0) is 11.7 Å². The summed E-state index contributed by atoms with van der Waals surface area (Å²) in [7, 11) is 0. The lowest BCUT2D eigenvalue weighted by Gasteiger charge is -2.25. The van der Waals surface area contributed by atoms with E-state index < -0.39 is 23.2 Å². The van der Waals surface area contributed by atoms with Gasteiger partial charge in [-0.1, -0.05) is 23.7 Å². The number of halogens is 5. The van der Waals surface area contributed by atoms with Crippen molar-refractivity contribution in [2.75, 3.05) is 6.54 Å². The Morgan fingerprint density at radius 3 is 2.45 bits per heavy atom. The van der Waals surface area contributed by atoms with Gasteiger partial charge in [0.1, 0.15) is 11.4 Å². The summed E-state index contributed by atoms with van der Waals surface area (Å²) in [6.45, 7) is 0.306. The van der Waals surface area contributed by atoms with Gasteiger partial charge in [0.2, 0.25) is 5.89 Å². The summed E-state index contributed by atoms with van der Waals surface area (Å²) in [5.41, 5.74) is -2.51. The molecule has 0 aliphatic carbocycles. The minimum absolute atomic E-state index is 0.0531. The van der Waals surface area contributed by atoms with Gasteiger partial charge in [-0.05, 0) is 49.2 Å². The third-order valence-electron chi connectivity index (χ3n) is 5.52. The molecular formula is C22H15ClF4N5O. The van der Waals surface area contributed by atoms with Crippen LogP contribution < -0.4 is 5.32 Å². The second kappa shape index (κ2) is 7.96. The molecule has 0 amide bonds. The number of nitrogens with zero attached hydrogens (tertiary/aromatic N) is 5. The van der Waals surface area contributed by atoms with E-state index in [0.717, 1.165) is 10.9 Å². The first-order chi connectivity index (χ1) is 15.8.